The first kappa shape index (κ1) is 10.7. The molecule has 3 aromatic rings. The molecule has 0 aliphatic heterocycles. The maximum Gasteiger partial charge on any atom is 0.180 e. The van der Waals surface area contributed by atoms with Crippen LogP contribution in [0, 0.1) is 12.7 Å². The molecule has 0 aliphatic rings. The van der Waals surface area contributed by atoms with Crippen molar-refractivity contribution in [3.63, 3.8) is 0 Å². The molecule has 0 saturated carbocycles. The molecule has 0 amide bonds. The van der Waals surface area contributed by atoms with Crippen LogP contribution in [0.4, 0.5) is 10.1 Å². The molecule has 0 radical (unpaired) electrons. The molecule has 0 atom stereocenters. The molecule has 0 fully saturated rings. The molecule has 5 heteroatoms. The highest BCUT2D eigenvalue weighted by atomic mass is 19.1. The lowest BCUT2D eigenvalue weighted by atomic mass is 10.1. The molecule has 1 aromatic carbocycles. The standard InChI is InChI=1S/C13H11FN4/c1-8-11(5-9(15)6-12(8)14)13-16-7-10-3-2-4-18(10)17-13/h2-7H,15H2,1H3. The van der Waals surface area contributed by atoms with Crippen LogP contribution in [0.2, 0.25) is 0 Å². The van der Waals surface area contributed by atoms with Gasteiger partial charge in [0.15, 0.2) is 5.82 Å². The molecule has 0 saturated heterocycles. The van der Waals surface area contributed by atoms with Gasteiger partial charge in [-0.05, 0) is 36.8 Å². The third kappa shape index (κ3) is 1.60. The predicted octanol–water partition coefficient (Wildman–Crippen LogP) is 2.43. The topological polar surface area (TPSA) is 56.2 Å². The minimum atomic E-state index is -0.346. The normalized spacial score (nSPS) is 11.0. The molecule has 0 unspecified atom stereocenters. The first-order valence-corrected chi connectivity index (χ1v) is 5.51. The van der Waals surface area contributed by atoms with E-state index in [1.165, 1.54) is 6.07 Å². The maximum absolute atomic E-state index is 13.6. The van der Waals surface area contributed by atoms with Crippen molar-refractivity contribution in [3.8, 4) is 11.4 Å². The molecule has 0 spiro atoms. The van der Waals surface area contributed by atoms with E-state index in [2.05, 4.69) is 10.1 Å². The van der Waals surface area contributed by atoms with Crippen molar-refractivity contribution in [2.45, 2.75) is 6.92 Å². The van der Waals surface area contributed by atoms with Gasteiger partial charge in [0.05, 0.1) is 11.7 Å². The fraction of sp³-hybridized carbons (Fsp3) is 0.0769. The van der Waals surface area contributed by atoms with Gasteiger partial charge in [0.2, 0.25) is 0 Å². The van der Waals surface area contributed by atoms with Gasteiger partial charge in [0, 0.05) is 17.4 Å². The minimum Gasteiger partial charge on any atom is -0.399 e. The van der Waals surface area contributed by atoms with Gasteiger partial charge in [0.1, 0.15) is 5.82 Å². The Kier molecular flexibility index (Phi) is 2.26. The third-order valence-electron chi connectivity index (χ3n) is 2.89. The van der Waals surface area contributed by atoms with Crippen molar-refractivity contribution < 1.29 is 4.39 Å². The number of halogens is 1. The van der Waals surface area contributed by atoms with E-state index in [-0.39, 0.29) is 5.82 Å². The Hall–Kier alpha value is -2.43. The smallest absolute Gasteiger partial charge is 0.180 e. The number of nitrogen functional groups attached to an aromatic ring is 1. The number of hydrogen-bond donors (Lipinski definition) is 1. The average molecular weight is 242 g/mol. The van der Waals surface area contributed by atoms with E-state index < -0.39 is 0 Å². The van der Waals surface area contributed by atoms with Gasteiger partial charge in [-0.15, -0.1) is 5.10 Å². The van der Waals surface area contributed by atoms with E-state index in [4.69, 9.17) is 5.73 Å². The zero-order valence-electron chi connectivity index (χ0n) is 9.76. The first-order valence-electron chi connectivity index (χ1n) is 5.51. The van der Waals surface area contributed by atoms with Crippen LogP contribution in [0.1, 0.15) is 5.56 Å². The van der Waals surface area contributed by atoms with E-state index in [1.54, 1.807) is 23.7 Å². The van der Waals surface area contributed by atoms with Crippen LogP contribution in [0.25, 0.3) is 16.9 Å². The summed E-state index contributed by atoms with van der Waals surface area (Å²) in [5.74, 6) is 0.114. The quantitative estimate of drug-likeness (QED) is 0.667. The van der Waals surface area contributed by atoms with Crippen molar-refractivity contribution in [1.29, 1.82) is 0 Å². The van der Waals surface area contributed by atoms with Crippen molar-refractivity contribution >= 4 is 11.2 Å². The number of hydrogen-bond acceptors (Lipinski definition) is 3. The fourth-order valence-electron chi connectivity index (χ4n) is 1.89. The molecule has 2 aromatic heterocycles. The molecule has 90 valence electrons. The van der Waals surface area contributed by atoms with Crippen LogP contribution in [-0.4, -0.2) is 14.6 Å². The number of nitrogens with zero attached hydrogens (tertiary/aromatic N) is 3. The molecule has 2 N–H and O–H groups in total. The highest BCUT2D eigenvalue weighted by Crippen LogP contribution is 2.25. The van der Waals surface area contributed by atoms with E-state index in [9.17, 15) is 4.39 Å². The molecule has 0 bridgehead atoms. The second-order valence-corrected chi connectivity index (χ2v) is 4.13. The Morgan fingerprint density at radius 2 is 2.17 bits per heavy atom. The lowest BCUT2D eigenvalue weighted by Gasteiger charge is -2.07. The van der Waals surface area contributed by atoms with Crippen LogP contribution in [-0.2, 0) is 0 Å². The van der Waals surface area contributed by atoms with Gasteiger partial charge in [-0.3, -0.25) is 0 Å². The van der Waals surface area contributed by atoms with E-state index in [1.807, 2.05) is 18.3 Å². The van der Waals surface area contributed by atoms with Crippen molar-refractivity contribution in [1.82, 2.24) is 14.6 Å². The zero-order valence-corrected chi connectivity index (χ0v) is 9.76. The summed E-state index contributed by atoms with van der Waals surface area (Å²) >= 11 is 0. The molecule has 2 heterocycles. The number of fused-ring (bicyclic) bond motifs is 1. The maximum atomic E-state index is 13.6. The Morgan fingerprint density at radius 1 is 1.33 bits per heavy atom. The fourth-order valence-corrected chi connectivity index (χ4v) is 1.89. The lowest BCUT2D eigenvalue weighted by Crippen LogP contribution is -2.00. The summed E-state index contributed by atoms with van der Waals surface area (Å²) in [5, 5.41) is 4.33. The number of benzene rings is 1. The highest BCUT2D eigenvalue weighted by Gasteiger charge is 2.11. The van der Waals surface area contributed by atoms with Gasteiger partial charge in [0.25, 0.3) is 0 Å². The summed E-state index contributed by atoms with van der Waals surface area (Å²) in [6, 6.07) is 6.76. The Bertz CT molecular complexity index is 733. The third-order valence-corrected chi connectivity index (χ3v) is 2.89. The second kappa shape index (κ2) is 3.80. The van der Waals surface area contributed by atoms with Gasteiger partial charge in [-0.1, -0.05) is 0 Å². The second-order valence-electron chi connectivity index (χ2n) is 4.13. The van der Waals surface area contributed by atoms with E-state index in [0.717, 1.165) is 5.52 Å². The van der Waals surface area contributed by atoms with Crippen molar-refractivity contribution in [3.05, 3.63) is 48.0 Å². The SMILES string of the molecule is Cc1c(F)cc(N)cc1-c1ncc2cccn2n1. The van der Waals surface area contributed by atoms with Gasteiger partial charge < -0.3 is 5.73 Å². The summed E-state index contributed by atoms with van der Waals surface area (Å²) in [6.07, 6.45) is 3.52. The molecule has 0 aliphatic carbocycles. The van der Waals surface area contributed by atoms with Gasteiger partial charge >= 0.3 is 0 Å². The molecular formula is C13H11FN4. The largest absolute Gasteiger partial charge is 0.399 e. The summed E-state index contributed by atoms with van der Waals surface area (Å²) in [6.45, 7) is 1.69. The molecule has 3 rings (SSSR count). The highest BCUT2D eigenvalue weighted by molar-refractivity contribution is 5.66. The summed E-state index contributed by atoms with van der Waals surface area (Å²) < 4.78 is 15.3. The van der Waals surface area contributed by atoms with Crippen LogP contribution >= 0.6 is 0 Å². The number of aromatic nitrogens is 3. The molecule has 18 heavy (non-hydrogen) atoms. The van der Waals surface area contributed by atoms with Crippen LogP contribution in [0.5, 0.6) is 0 Å². The lowest BCUT2D eigenvalue weighted by molar-refractivity contribution is 0.619. The Morgan fingerprint density at radius 3 is 3.00 bits per heavy atom. The van der Waals surface area contributed by atoms with Crippen LogP contribution < -0.4 is 5.73 Å². The van der Waals surface area contributed by atoms with E-state index >= 15 is 0 Å². The summed E-state index contributed by atoms with van der Waals surface area (Å²) in [4.78, 5) is 4.24. The Balaban J connectivity index is 2.25. The van der Waals surface area contributed by atoms with Crippen LogP contribution in [0.3, 0.4) is 0 Å². The number of nitrogens with two attached hydrogens (primary N) is 1. The predicted molar refractivity (Wildman–Crippen MR) is 67.5 cm³/mol. The number of anilines is 1. The summed E-state index contributed by atoms with van der Waals surface area (Å²) in [5.41, 5.74) is 8.02. The minimum absolute atomic E-state index is 0.346. The van der Waals surface area contributed by atoms with Crippen LogP contribution in [0.15, 0.2) is 36.7 Å². The Labute approximate surface area is 103 Å². The molecular weight excluding hydrogens is 231 g/mol. The van der Waals surface area contributed by atoms with Crippen molar-refractivity contribution in [2.75, 3.05) is 5.73 Å². The monoisotopic (exact) mass is 242 g/mol. The van der Waals surface area contributed by atoms with Gasteiger partial charge in [-0.2, -0.15) is 0 Å². The van der Waals surface area contributed by atoms with E-state index in [0.29, 0.717) is 22.6 Å². The first-order chi connectivity index (χ1) is 8.65. The average Bonchev–Trinajstić information content (AvgIpc) is 2.80. The van der Waals surface area contributed by atoms with Crippen molar-refractivity contribution in [2.24, 2.45) is 0 Å². The zero-order chi connectivity index (χ0) is 12.7. The van der Waals surface area contributed by atoms with Gasteiger partial charge in [-0.25, -0.2) is 13.9 Å². The summed E-state index contributed by atoms with van der Waals surface area (Å²) in [7, 11) is 0. The molecule has 4 nitrogen and oxygen atoms in total. The number of rotatable bonds is 1.